The lowest BCUT2D eigenvalue weighted by atomic mass is 10.2. The molecular weight excluding hydrogens is 536 g/mol. The molecule has 0 aliphatic heterocycles. The Morgan fingerprint density at radius 2 is 0.721 bits per heavy atom. The normalized spacial score (nSPS) is 9.16. The summed E-state index contributed by atoms with van der Waals surface area (Å²) in [5.41, 5.74) is 1.84. The Balaban J connectivity index is 0.00000204. The number of aromatic nitrogens is 6. The molecule has 2 heterocycles. The van der Waals surface area contributed by atoms with Crippen molar-refractivity contribution < 1.29 is 0 Å². The quantitative estimate of drug-likeness (QED) is 0.119. The lowest BCUT2D eigenvalue weighted by molar-refractivity contribution is 0.931. The zero-order valence-electron chi connectivity index (χ0n) is 28.0. The highest BCUT2D eigenvalue weighted by molar-refractivity contribution is 5.59. The van der Waals surface area contributed by atoms with Crippen LogP contribution in [0.25, 0.3) is 22.8 Å². The van der Waals surface area contributed by atoms with Gasteiger partial charge in [0.05, 0.1) is 6.67 Å². The number of hydrogen-bond donors (Lipinski definition) is 4. The molecule has 0 bridgehead atoms. The van der Waals surface area contributed by atoms with Crippen molar-refractivity contribution in [3.05, 3.63) is 60.7 Å². The van der Waals surface area contributed by atoms with Crippen molar-refractivity contribution in [1.82, 2.24) is 29.9 Å². The van der Waals surface area contributed by atoms with Crippen molar-refractivity contribution in [1.29, 1.82) is 0 Å². The van der Waals surface area contributed by atoms with E-state index in [1.807, 2.05) is 116 Å². The summed E-state index contributed by atoms with van der Waals surface area (Å²) < 4.78 is 0. The Kier molecular flexibility index (Phi) is 22.8. The molecule has 0 unspecified atom stereocenters. The van der Waals surface area contributed by atoms with Gasteiger partial charge in [-0.3, -0.25) is 0 Å². The smallest absolute Gasteiger partial charge is 0.229 e. The fourth-order valence-electron chi connectivity index (χ4n) is 3.18. The summed E-state index contributed by atoms with van der Waals surface area (Å²) in [6, 6.07) is 19.7. The molecule has 0 atom stereocenters. The third-order valence-electron chi connectivity index (χ3n) is 4.89. The molecule has 0 saturated heterocycles. The fourth-order valence-corrected chi connectivity index (χ4v) is 3.18. The van der Waals surface area contributed by atoms with E-state index in [0.29, 0.717) is 42.1 Å². The SMILES string of the molecule is CC.CC.CC.CC.CCCNc1nc(NCNc2nc(NCCC)nc(-c3ccccc3)n2)nc(-c2ccccc2)n1. The lowest BCUT2D eigenvalue weighted by Gasteiger charge is -2.12. The molecule has 0 aliphatic carbocycles. The van der Waals surface area contributed by atoms with Crippen molar-refractivity contribution in [2.45, 2.75) is 82.1 Å². The van der Waals surface area contributed by atoms with Gasteiger partial charge < -0.3 is 21.3 Å². The number of nitrogens with zero attached hydrogens (tertiary/aromatic N) is 6. The summed E-state index contributed by atoms with van der Waals surface area (Å²) in [4.78, 5) is 27.3. The van der Waals surface area contributed by atoms with E-state index >= 15 is 0 Å². The number of anilines is 4. The third-order valence-corrected chi connectivity index (χ3v) is 4.89. The van der Waals surface area contributed by atoms with Crippen LogP contribution < -0.4 is 21.3 Å². The molecule has 2 aromatic carbocycles. The monoisotopic (exact) mass is 590 g/mol. The standard InChI is InChI=1S/C25H30N10.4C2H6/c1-3-15-26-22-30-20(18-11-7-5-8-12-18)32-24(34-22)28-17-29-25-33-21(19-13-9-6-10-14-19)31-23(35-25)27-16-4-2;4*1-2/h5-14H,3-4,15-17H2,1-2H3,(H2,26,28,30,32,34)(H2,27,29,31,33,35);4*1-2H3. The van der Waals surface area contributed by atoms with E-state index in [-0.39, 0.29) is 0 Å². The lowest BCUT2D eigenvalue weighted by Crippen LogP contribution is -2.18. The third kappa shape index (κ3) is 14.4. The van der Waals surface area contributed by atoms with Crippen molar-refractivity contribution in [2.24, 2.45) is 0 Å². The maximum Gasteiger partial charge on any atom is 0.229 e. The minimum absolute atomic E-state index is 0.316. The first-order valence-corrected chi connectivity index (χ1v) is 15.8. The summed E-state index contributed by atoms with van der Waals surface area (Å²) in [7, 11) is 0. The van der Waals surface area contributed by atoms with Gasteiger partial charge in [-0.2, -0.15) is 29.9 Å². The van der Waals surface area contributed by atoms with Crippen LogP contribution in [-0.2, 0) is 0 Å². The average Bonchev–Trinajstić information content (AvgIpc) is 3.10. The Labute approximate surface area is 260 Å². The number of benzene rings is 2. The molecule has 0 fully saturated rings. The Morgan fingerprint density at radius 3 is 1.02 bits per heavy atom. The highest BCUT2D eigenvalue weighted by atomic mass is 15.3. The summed E-state index contributed by atoms with van der Waals surface area (Å²) in [6.45, 7) is 22.1. The second-order valence-electron chi connectivity index (χ2n) is 7.73. The summed E-state index contributed by atoms with van der Waals surface area (Å²) >= 11 is 0. The Morgan fingerprint density at radius 1 is 0.419 bits per heavy atom. The second kappa shape index (κ2) is 25.4. The maximum absolute atomic E-state index is 4.59. The van der Waals surface area contributed by atoms with E-state index in [2.05, 4.69) is 65.0 Å². The largest absolute Gasteiger partial charge is 0.354 e. The van der Waals surface area contributed by atoms with E-state index < -0.39 is 0 Å². The van der Waals surface area contributed by atoms with Crippen molar-refractivity contribution in [3.63, 3.8) is 0 Å². The summed E-state index contributed by atoms with van der Waals surface area (Å²) in [5, 5.41) is 12.9. The topological polar surface area (TPSA) is 125 Å². The molecule has 0 amide bonds. The highest BCUT2D eigenvalue weighted by Gasteiger charge is 2.10. The van der Waals surface area contributed by atoms with Gasteiger partial charge in [-0.05, 0) is 12.8 Å². The van der Waals surface area contributed by atoms with Gasteiger partial charge in [0.1, 0.15) is 0 Å². The van der Waals surface area contributed by atoms with Crippen LogP contribution in [0.15, 0.2) is 60.7 Å². The van der Waals surface area contributed by atoms with Crippen LogP contribution in [0.1, 0.15) is 82.1 Å². The van der Waals surface area contributed by atoms with Crippen LogP contribution in [0.4, 0.5) is 23.8 Å². The van der Waals surface area contributed by atoms with E-state index in [9.17, 15) is 0 Å². The van der Waals surface area contributed by atoms with Crippen LogP contribution in [0.3, 0.4) is 0 Å². The summed E-state index contributed by atoms with van der Waals surface area (Å²) in [6.07, 6.45) is 1.93. The zero-order valence-corrected chi connectivity index (χ0v) is 28.0. The molecule has 10 heteroatoms. The maximum atomic E-state index is 4.59. The first kappa shape index (κ1) is 38.7. The number of hydrogen-bond acceptors (Lipinski definition) is 10. The zero-order chi connectivity index (χ0) is 32.3. The minimum Gasteiger partial charge on any atom is -0.354 e. The van der Waals surface area contributed by atoms with E-state index in [1.54, 1.807) is 0 Å². The average molecular weight is 591 g/mol. The van der Waals surface area contributed by atoms with Crippen LogP contribution in [-0.4, -0.2) is 49.7 Å². The second-order valence-corrected chi connectivity index (χ2v) is 7.73. The van der Waals surface area contributed by atoms with Gasteiger partial charge in [0, 0.05) is 24.2 Å². The highest BCUT2D eigenvalue weighted by Crippen LogP contribution is 2.19. The first-order valence-electron chi connectivity index (χ1n) is 15.8. The molecular formula is C33H54N10. The fraction of sp³-hybridized carbons (Fsp3) is 0.455. The van der Waals surface area contributed by atoms with Gasteiger partial charge in [-0.1, -0.05) is 130 Å². The van der Waals surface area contributed by atoms with Gasteiger partial charge in [0.15, 0.2) is 11.6 Å². The molecule has 0 aliphatic rings. The molecule has 4 aromatic rings. The number of rotatable bonds is 12. The molecule has 236 valence electrons. The summed E-state index contributed by atoms with van der Waals surface area (Å²) in [5.74, 6) is 3.15. The van der Waals surface area contributed by atoms with E-state index in [1.165, 1.54) is 0 Å². The molecule has 43 heavy (non-hydrogen) atoms. The minimum atomic E-state index is 0.316. The molecule has 2 aromatic heterocycles. The van der Waals surface area contributed by atoms with Crippen molar-refractivity contribution in [2.75, 3.05) is 41.0 Å². The van der Waals surface area contributed by atoms with Gasteiger partial charge in [0.25, 0.3) is 0 Å². The van der Waals surface area contributed by atoms with Gasteiger partial charge in [-0.25, -0.2) is 0 Å². The van der Waals surface area contributed by atoms with Gasteiger partial charge in [0.2, 0.25) is 23.8 Å². The predicted octanol–water partition coefficient (Wildman–Crippen LogP) is 8.62. The van der Waals surface area contributed by atoms with Gasteiger partial charge in [-0.15, -0.1) is 0 Å². The van der Waals surface area contributed by atoms with Crippen molar-refractivity contribution in [3.8, 4) is 22.8 Å². The van der Waals surface area contributed by atoms with Crippen LogP contribution >= 0.6 is 0 Å². The predicted molar refractivity (Wildman–Crippen MR) is 186 cm³/mol. The van der Waals surface area contributed by atoms with E-state index in [0.717, 1.165) is 37.1 Å². The molecule has 4 N–H and O–H groups in total. The first-order chi connectivity index (χ1) is 21.2. The van der Waals surface area contributed by atoms with Crippen LogP contribution in [0.5, 0.6) is 0 Å². The number of nitrogens with one attached hydrogen (secondary N) is 4. The molecule has 4 rings (SSSR count). The molecule has 10 nitrogen and oxygen atoms in total. The van der Waals surface area contributed by atoms with Crippen molar-refractivity contribution >= 4 is 23.8 Å². The molecule has 0 saturated carbocycles. The van der Waals surface area contributed by atoms with Crippen LogP contribution in [0, 0.1) is 0 Å². The van der Waals surface area contributed by atoms with Crippen LogP contribution in [0.2, 0.25) is 0 Å². The van der Waals surface area contributed by atoms with E-state index in [4.69, 9.17) is 0 Å². The van der Waals surface area contributed by atoms with Gasteiger partial charge >= 0.3 is 0 Å². The Bertz CT molecular complexity index is 1110. The molecule has 0 spiro atoms. The molecule has 0 radical (unpaired) electrons. The Hall–Kier alpha value is -4.34.